The largest absolute Gasteiger partial charge is 0.368 e. The van der Waals surface area contributed by atoms with Gasteiger partial charge < -0.3 is 20.9 Å². The van der Waals surface area contributed by atoms with Crippen molar-refractivity contribution in [2.75, 3.05) is 42.1 Å². The van der Waals surface area contributed by atoms with Crippen molar-refractivity contribution in [3.05, 3.63) is 70.5 Å². The molecule has 0 radical (unpaired) electrons. The summed E-state index contributed by atoms with van der Waals surface area (Å²) in [5.41, 5.74) is 9.55. The summed E-state index contributed by atoms with van der Waals surface area (Å²) >= 11 is 1.46. The third-order valence-electron chi connectivity index (χ3n) is 5.71. The number of aryl methyl sites for hydroxylation is 1. The predicted octanol–water partition coefficient (Wildman–Crippen LogP) is 4.06. The van der Waals surface area contributed by atoms with Crippen LogP contribution < -0.4 is 16.0 Å². The summed E-state index contributed by atoms with van der Waals surface area (Å²) in [5, 5.41) is 3.82. The van der Waals surface area contributed by atoms with Crippen LogP contribution >= 0.6 is 11.3 Å². The molecule has 2 aromatic carbocycles. The molecule has 0 spiro atoms. The van der Waals surface area contributed by atoms with Crippen LogP contribution in [0, 0.1) is 12.7 Å². The molecule has 0 atom stereocenters. The number of urea groups is 1. The standard InChI is InChI=1S/C24H24FN7OS/c1-15-3-2-4-18(13-15)27-24(33)32-11-9-31(10-12-32)21-20-22(30-23(26)29-21)34-19(28-20)14-16-5-7-17(25)8-6-16/h2-8,13H,9-12,14H2,1H3,(H,27,33)(H2,26,29,30). The molecule has 5 rings (SSSR count). The maximum atomic E-state index is 13.2. The highest BCUT2D eigenvalue weighted by Crippen LogP contribution is 2.30. The number of nitrogens with zero attached hydrogens (tertiary/aromatic N) is 5. The summed E-state index contributed by atoms with van der Waals surface area (Å²) < 4.78 is 13.2. The lowest BCUT2D eigenvalue weighted by molar-refractivity contribution is 0.208. The number of carbonyl (C=O) groups excluding carboxylic acids is 1. The van der Waals surface area contributed by atoms with Crippen LogP contribution in [0.4, 0.5) is 26.6 Å². The fourth-order valence-electron chi connectivity index (χ4n) is 3.99. The minimum atomic E-state index is -0.263. The first kappa shape index (κ1) is 22.0. The number of piperazine rings is 1. The van der Waals surface area contributed by atoms with Crippen LogP contribution in [0.15, 0.2) is 48.5 Å². The van der Waals surface area contributed by atoms with Crippen LogP contribution in [0.3, 0.4) is 0 Å². The van der Waals surface area contributed by atoms with Crippen LogP contribution in [0.5, 0.6) is 0 Å². The van der Waals surface area contributed by atoms with E-state index in [1.165, 1.54) is 23.5 Å². The Morgan fingerprint density at radius 3 is 2.59 bits per heavy atom. The fourth-order valence-corrected chi connectivity index (χ4v) is 4.96. The number of nitrogens with two attached hydrogens (primary N) is 1. The summed E-state index contributed by atoms with van der Waals surface area (Å²) in [7, 11) is 0. The van der Waals surface area contributed by atoms with Crippen molar-refractivity contribution in [3.63, 3.8) is 0 Å². The second-order valence-corrected chi connectivity index (χ2v) is 9.31. The van der Waals surface area contributed by atoms with Gasteiger partial charge in [0, 0.05) is 38.3 Å². The Balaban J connectivity index is 1.30. The first-order valence-electron chi connectivity index (χ1n) is 11.0. The van der Waals surface area contributed by atoms with Crippen LogP contribution in [0.1, 0.15) is 16.1 Å². The van der Waals surface area contributed by atoms with Crippen LogP contribution in [-0.2, 0) is 6.42 Å². The van der Waals surface area contributed by atoms with Crippen LogP contribution in [-0.4, -0.2) is 52.1 Å². The zero-order chi connectivity index (χ0) is 23.7. The van der Waals surface area contributed by atoms with Gasteiger partial charge in [0.15, 0.2) is 10.6 Å². The Morgan fingerprint density at radius 1 is 1.09 bits per heavy atom. The highest BCUT2D eigenvalue weighted by atomic mass is 32.1. The smallest absolute Gasteiger partial charge is 0.321 e. The Kier molecular flexibility index (Phi) is 5.97. The fraction of sp³-hybridized carbons (Fsp3) is 0.250. The maximum absolute atomic E-state index is 13.2. The first-order valence-corrected chi connectivity index (χ1v) is 11.8. The van der Waals surface area contributed by atoms with Gasteiger partial charge in [0.1, 0.15) is 11.3 Å². The molecule has 0 bridgehead atoms. The van der Waals surface area contributed by atoms with Gasteiger partial charge in [-0.3, -0.25) is 0 Å². The van der Waals surface area contributed by atoms with Gasteiger partial charge >= 0.3 is 6.03 Å². The van der Waals surface area contributed by atoms with E-state index in [1.807, 2.05) is 31.2 Å². The number of nitrogens with one attached hydrogen (secondary N) is 1. The number of thiazole rings is 1. The van der Waals surface area contributed by atoms with Crippen molar-refractivity contribution in [3.8, 4) is 0 Å². The zero-order valence-corrected chi connectivity index (χ0v) is 19.5. The Morgan fingerprint density at radius 2 is 1.85 bits per heavy atom. The molecule has 0 saturated carbocycles. The Bertz CT molecular complexity index is 1330. The molecule has 4 aromatic rings. The number of hydrogen-bond acceptors (Lipinski definition) is 7. The molecule has 174 valence electrons. The molecule has 2 aromatic heterocycles. The third-order valence-corrected chi connectivity index (χ3v) is 6.66. The molecular formula is C24H24FN7OS. The number of benzene rings is 2. The number of aromatic nitrogens is 3. The Labute approximate surface area is 200 Å². The van der Waals surface area contributed by atoms with E-state index in [9.17, 15) is 9.18 Å². The number of rotatable bonds is 4. The quantitative estimate of drug-likeness (QED) is 0.460. The zero-order valence-electron chi connectivity index (χ0n) is 18.7. The lowest BCUT2D eigenvalue weighted by atomic mass is 10.1. The van der Waals surface area contributed by atoms with E-state index in [0.29, 0.717) is 43.9 Å². The number of fused-ring (bicyclic) bond motifs is 1. The minimum absolute atomic E-state index is 0.118. The highest BCUT2D eigenvalue weighted by Gasteiger charge is 2.25. The number of carbonyl (C=O) groups is 1. The molecular weight excluding hydrogens is 453 g/mol. The Hall–Kier alpha value is -3.79. The van der Waals surface area contributed by atoms with E-state index in [1.54, 1.807) is 17.0 Å². The van der Waals surface area contributed by atoms with Crippen molar-refractivity contribution in [1.82, 2.24) is 19.9 Å². The van der Waals surface area contributed by atoms with Gasteiger partial charge in [-0.05, 0) is 42.3 Å². The lowest BCUT2D eigenvalue weighted by Gasteiger charge is -2.35. The second kappa shape index (κ2) is 9.22. The van der Waals surface area contributed by atoms with Gasteiger partial charge in [0.2, 0.25) is 5.95 Å². The van der Waals surface area contributed by atoms with E-state index in [4.69, 9.17) is 10.7 Å². The van der Waals surface area contributed by atoms with E-state index in [-0.39, 0.29) is 17.8 Å². The van der Waals surface area contributed by atoms with Crippen LogP contribution in [0.2, 0.25) is 0 Å². The molecule has 34 heavy (non-hydrogen) atoms. The summed E-state index contributed by atoms with van der Waals surface area (Å²) in [6, 6.07) is 14.0. The van der Waals surface area contributed by atoms with Gasteiger partial charge in [-0.1, -0.05) is 35.6 Å². The van der Waals surface area contributed by atoms with Crippen LogP contribution in [0.25, 0.3) is 10.3 Å². The summed E-state index contributed by atoms with van der Waals surface area (Å²) in [6.45, 7) is 4.31. The van der Waals surface area contributed by atoms with Crippen molar-refractivity contribution in [1.29, 1.82) is 0 Å². The second-order valence-electron chi connectivity index (χ2n) is 8.24. The summed E-state index contributed by atoms with van der Waals surface area (Å²) in [5.74, 6) is 0.614. The molecule has 1 aliphatic rings. The molecule has 10 heteroatoms. The average molecular weight is 478 g/mol. The molecule has 1 fully saturated rings. The first-order chi connectivity index (χ1) is 16.4. The normalized spacial score (nSPS) is 13.9. The number of nitrogen functional groups attached to an aromatic ring is 1. The maximum Gasteiger partial charge on any atom is 0.321 e. The number of anilines is 3. The van der Waals surface area contributed by atoms with E-state index < -0.39 is 0 Å². The molecule has 8 nitrogen and oxygen atoms in total. The van der Waals surface area contributed by atoms with Gasteiger partial charge in [-0.15, -0.1) is 0 Å². The van der Waals surface area contributed by atoms with E-state index >= 15 is 0 Å². The number of halogens is 1. The van der Waals surface area contributed by atoms with Crippen molar-refractivity contribution in [2.24, 2.45) is 0 Å². The molecule has 0 aliphatic carbocycles. The SMILES string of the molecule is Cc1cccc(NC(=O)N2CCN(c3nc(N)nc4sc(Cc5ccc(F)cc5)nc34)CC2)c1. The molecule has 1 aliphatic heterocycles. The predicted molar refractivity (Wildman–Crippen MR) is 133 cm³/mol. The molecule has 1 saturated heterocycles. The van der Waals surface area contributed by atoms with E-state index in [2.05, 4.69) is 20.2 Å². The monoisotopic (exact) mass is 477 g/mol. The number of amides is 2. The van der Waals surface area contributed by atoms with Crippen molar-refractivity contribution >= 4 is 45.2 Å². The highest BCUT2D eigenvalue weighted by molar-refractivity contribution is 7.18. The molecule has 0 unspecified atom stereocenters. The van der Waals surface area contributed by atoms with Gasteiger partial charge in [-0.2, -0.15) is 4.98 Å². The lowest BCUT2D eigenvalue weighted by Crippen LogP contribution is -2.50. The van der Waals surface area contributed by atoms with Gasteiger partial charge in [-0.25, -0.2) is 19.2 Å². The topological polar surface area (TPSA) is 100 Å². The molecule has 3 N–H and O–H groups in total. The summed E-state index contributed by atoms with van der Waals surface area (Å²) in [6.07, 6.45) is 0.577. The molecule has 3 heterocycles. The van der Waals surface area contributed by atoms with Crippen molar-refractivity contribution in [2.45, 2.75) is 13.3 Å². The number of hydrogen-bond donors (Lipinski definition) is 2. The van der Waals surface area contributed by atoms with Crippen molar-refractivity contribution < 1.29 is 9.18 Å². The minimum Gasteiger partial charge on any atom is -0.368 e. The van der Waals surface area contributed by atoms with E-state index in [0.717, 1.165) is 26.7 Å². The molecule has 2 amide bonds. The third kappa shape index (κ3) is 4.76. The van der Waals surface area contributed by atoms with Gasteiger partial charge in [0.05, 0.1) is 5.01 Å². The summed E-state index contributed by atoms with van der Waals surface area (Å²) in [4.78, 5) is 30.9. The van der Waals surface area contributed by atoms with Gasteiger partial charge in [0.25, 0.3) is 0 Å². The average Bonchev–Trinajstić information content (AvgIpc) is 3.22.